The molecule has 0 amide bonds. The van der Waals surface area contributed by atoms with Crippen molar-refractivity contribution in [2.75, 3.05) is 11.4 Å². The molecule has 106 valence electrons. The van der Waals surface area contributed by atoms with E-state index in [9.17, 15) is 0 Å². The molecule has 1 N–H and O–H groups in total. The van der Waals surface area contributed by atoms with Crippen molar-refractivity contribution in [2.45, 2.75) is 12.8 Å². The Morgan fingerprint density at radius 3 is 2.71 bits per heavy atom. The average Bonchev–Trinajstić information content (AvgIpc) is 3.20. The van der Waals surface area contributed by atoms with E-state index in [0.29, 0.717) is 0 Å². The molecule has 4 nitrogen and oxygen atoms in total. The van der Waals surface area contributed by atoms with Gasteiger partial charge in [-0.3, -0.25) is 0 Å². The number of anilines is 2. The van der Waals surface area contributed by atoms with Crippen LogP contribution in [0.1, 0.15) is 12.8 Å². The molecule has 3 aromatic rings. The van der Waals surface area contributed by atoms with Gasteiger partial charge in [-0.1, -0.05) is 11.6 Å². The zero-order chi connectivity index (χ0) is 14.2. The van der Waals surface area contributed by atoms with Crippen LogP contribution in [0.2, 0.25) is 5.02 Å². The lowest BCUT2D eigenvalue weighted by molar-refractivity contribution is 0.806. The molecule has 0 aliphatic heterocycles. The van der Waals surface area contributed by atoms with E-state index in [4.69, 9.17) is 11.6 Å². The fraction of sp³-hybridized carbons (Fsp3) is 0.250. The van der Waals surface area contributed by atoms with Gasteiger partial charge in [-0.2, -0.15) is 0 Å². The van der Waals surface area contributed by atoms with Gasteiger partial charge in [0, 0.05) is 17.3 Å². The summed E-state index contributed by atoms with van der Waals surface area (Å²) >= 11 is 6.00. The van der Waals surface area contributed by atoms with Gasteiger partial charge in [0.25, 0.3) is 0 Å². The summed E-state index contributed by atoms with van der Waals surface area (Å²) in [6.45, 7) is 0.991. The van der Waals surface area contributed by atoms with Crippen molar-refractivity contribution >= 4 is 34.3 Å². The molecular weight excluding hydrogens is 284 g/mol. The van der Waals surface area contributed by atoms with Crippen LogP contribution in [0.25, 0.3) is 11.2 Å². The summed E-state index contributed by atoms with van der Waals surface area (Å²) in [6.07, 6.45) is 4.28. The summed E-state index contributed by atoms with van der Waals surface area (Å²) < 4.78 is 0. The molecule has 4 rings (SSSR count). The van der Waals surface area contributed by atoms with Crippen molar-refractivity contribution in [2.24, 2.45) is 5.92 Å². The Labute approximate surface area is 127 Å². The second-order valence-electron chi connectivity index (χ2n) is 5.47. The minimum absolute atomic E-state index is 0.751. The van der Waals surface area contributed by atoms with Gasteiger partial charge in [-0.05, 0) is 55.2 Å². The average molecular weight is 299 g/mol. The van der Waals surface area contributed by atoms with E-state index in [-0.39, 0.29) is 0 Å². The Bertz CT molecular complexity index is 761. The van der Waals surface area contributed by atoms with E-state index < -0.39 is 0 Å². The molecule has 1 fully saturated rings. The quantitative estimate of drug-likeness (QED) is 0.786. The van der Waals surface area contributed by atoms with Gasteiger partial charge in [-0.15, -0.1) is 0 Å². The maximum Gasteiger partial charge on any atom is 0.179 e. The highest BCUT2D eigenvalue weighted by Crippen LogP contribution is 2.35. The van der Waals surface area contributed by atoms with Crippen LogP contribution in [-0.4, -0.2) is 21.5 Å². The first-order valence-corrected chi connectivity index (χ1v) is 7.50. The Morgan fingerprint density at radius 1 is 1.14 bits per heavy atom. The van der Waals surface area contributed by atoms with Crippen LogP contribution < -0.4 is 4.90 Å². The van der Waals surface area contributed by atoms with Crippen molar-refractivity contribution in [3.8, 4) is 0 Å². The molecular formula is C16H15ClN4. The molecule has 5 heteroatoms. The third-order valence-corrected chi connectivity index (χ3v) is 4.07. The highest BCUT2D eigenvalue weighted by Gasteiger charge is 2.26. The Hall–Kier alpha value is -2.07. The Morgan fingerprint density at radius 2 is 1.95 bits per heavy atom. The van der Waals surface area contributed by atoms with Gasteiger partial charge in [0.2, 0.25) is 0 Å². The van der Waals surface area contributed by atoms with E-state index in [1.54, 1.807) is 6.33 Å². The van der Waals surface area contributed by atoms with Crippen LogP contribution in [0.15, 0.2) is 42.7 Å². The number of fused-ring (bicyclic) bond motifs is 1. The van der Waals surface area contributed by atoms with E-state index >= 15 is 0 Å². The second-order valence-corrected chi connectivity index (χ2v) is 5.91. The predicted octanol–water partition coefficient (Wildman–Crippen LogP) is 4.16. The van der Waals surface area contributed by atoms with E-state index in [2.05, 4.69) is 19.9 Å². The number of hydrogen-bond donors (Lipinski definition) is 1. The number of halogens is 1. The fourth-order valence-corrected chi connectivity index (χ4v) is 2.60. The predicted molar refractivity (Wildman–Crippen MR) is 85.1 cm³/mol. The third kappa shape index (κ3) is 2.59. The summed E-state index contributed by atoms with van der Waals surface area (Å²) in [5, 5.41) is 0.751. The lowest BCUT2D eigenvalue weighted by atomic mass is 10.2. The zero-order valence-electron chi connectivity index (χ0n) is 11.5. The van der Waals surface area contributed by atoms with Crippen molar-refractivity contribution < 1.29 is 0 Å². The number of imidazole rings is 1. The summed E-state index contributed by atoms with van der Waals surface area (Å²) in [5.41, 5.74) is 2.83. The molecule has 2 aromatic heterocycles. The number of nitrogens with one attached hydrogen (secondary N) is 1. The summed E-state index contributed by atoms with van der Waals surface area (Å²) in [6, 6.07) is 12.0. The summed E-state index contributed by atoms with van der Waals surface area (Å²) in [7, 11) is 0. The molecule has 21 heavy (non-hydrogen) atoms. The number of H-pyrrole nitrogens is 1. The smallest absolute Gasteiger partial charge is 0.179 e. The van der Waals surface area contributed by atoms with E-state index in [1.807, 2.05) is 36.4 Å². The van der Waals surface area contributed by atoms with E-state index in [1.165, 1.54) is 12.8 Å². The first-order chi connectivity index (χ1) is 10.3. The van der Waals surface area contributed by atoms with Crippen LogP contribution in [0.4, 0.5) is 11.5 Å². The van der Waals surface area contributed by atoms with Gasteiger partial charge in [0.15, 0.2) is 5.65 Å². The molecule has 1 aromatic carbocycles. The van der Waals surface area contributed by atoms with Gasteiger partial charge in [-0.25, -0.2) is 9.97 Å². The summed E-state index contributed by atoms with van der Waals surface area (Å²) in [5.74, 6) is 1.70. The minimum atomic E-state index is 0.751. The lowest BCUT2D eigenvalue weighted by Gasteiger charge is -2.24. The topological polar surface area (TPSA) is 44.8 Å². The van der Waals surface area contributed by atoms with Crippen LogP contribution in [-0.2, 0) is 0 Å². The molecule has 1 aliphatic rings. The van der Waals surface area contributed by atoms with Gasteiger partial charge in [0.1, 0.15) is 5.82 Å². The molecule has 1 saturated carbocycles. The number of pyridine rings is 1. The number of aromatic amines is 1. The Kier molecular flexibility index (Phi) is 3.04. The third-order valence-electron chi connectivity index (χ3n) is 3.82. The lowest BCUT2D eigenvalue weighted by Crippen LogP contribution is -2.20. The number of hydrogen-bond acceptors (Lipinski definition) is 3. The van der Waals surface area contributed by atoms with Crippen molar-refractivity contribution in [3.63, 3.8) is 0 Å². The first-order valence-electron chi connectivity index (χ1n) is 7.13. The molecule has 0 atom stereocenters. The molecule has 0 spiro atoms. The van der Waals surface area contributed by atoms with Crippen LogP contribution in [0, 0.1) is 5.92 Å². The van der Waals surface area contributed by atoms with Crippen molar-refractivity contribution in [1.29, 1.82) is 0 Å². The number of rotatable bonds is 4. The number of aromatic nitrogens is 3. The minimum Gasteiger partial charge on any atom is -0.343 e. The largest absolute Gasteiger partial charge is 0.343 e. The van der Waals surface area contributed by atoms with Crippen molar-refractivity contribution in [1.82, 2.24) is 15.0 Å². The maximum atomic E-state index is 6.00. The SMILES string of the molecule is Clc1ccc(N(CC2CC2)c2ccc3[nH]cnc3n2)cc1. The van der Waals surface area contributed by atoms with E-state index in [0.717, 1.165) is 40.2 Å². The number of nitrogens with zero attached hydrogens (tertiary/aromatic N) is 3. The van der Waals surface area contributed by atoms with Crippen LogP contribution >= 0.6 is 11.6 Å². The molecule has 0 saturated heterocycles. The maximum absolute atomic E-state index is 6.00. The molecule has 0 radical (unpaired) electrons. The number of benzene rings is 1. The molecule has 2 heterocycles. The standard InChI is InChI=1S/C16H15ClN4/c17-12-3-5-13(6-4-12)21(9-11-1-2-11)15-8-7-14-16(20-15)19-10-18-14/h3-8,10-11H,1-2,9H2,(H,18,19,20). The highest BCUT2D eigenvalue weighted by atomic mass is 35.5. The zero-order valence-corrected chi connectivity index (χ0v) is 12.2. The summed E-state index contributed by atoms with van der Waals surface area (Å²) in [4.78, 5) is 14.2. The van der Waals surface area contributed by atoms with Gasteiger partial charge >= 0.3 is 0 Å². The fourth-order valence-electron chi connectivity index (χ4n) is 2.47. The highest BCUT2D eigenvalue weighted by molar-refractivity contribution is 6.30. The molecule has 1 aliphatic carbocycles. The Balaban J connectivity index is 1.74. The monoisotopic (exact) mass is 298 g/mol. The van der Waals surface area contributed by atoms with Gasteiger partial charge < -0.3 is 9.88 Å². The first kappa shape index (κ1) is 12.7. The van der Waals surface area contributed by atoms with Gasteiger partial charge in [0.05, 0.1) is 11.8 Å². The van der Waals surface area contributed by atoms with Crippen LogP contribution in [0.3, 0.4) is 0 Å². The second kappa shape index (κ2) is 5.04. The normalized spacial score (nSPS) is 14.5. The molecule has 0 unspecified atom stereocenters. The van der Waals surface area contributed by atoms with Crippen LogP contribution in [0.5, 0.6) is 0 Å². The van der Waals surface area contributed by atoms with Crippen molar-refractivity contribution in [3.05, 3.63) is 47.7 Å². The molecule has 0 bridgehead atoms.